The molecule has 2 rings (SSSR count). The molecule has 0 bridgehead atoms. The van der Waals surface area contributed by atoms with Crippen molar-refractivity contribution in [3.05, 3.63) is 40.3 Å². The van der Waals surface area contributed by atoms with Gasteiger partial charge >= 0.3 is 0 Å². The van der Waals surface area contributed by atoms with E-state index in [0.29, 0.717) is 0 Å². The standard InChI is InChI=1S/C12H14N2O/c1-8(2)14-11(15)5-4-10-6-9(3)7-13-12(10)14/h4-8H,1-3H3. The predicted molar refractivity (Wildman–Crippen MR) is 61.1 cm³/mol. The second-order valence-electron chi connectivity index (χ2n) is 4.06. The maximum atomic E-state index is 11.7. The van der Waals surface area contributed by atoms with Gasteiger partial charge in [-0.15, -0.1) is 0 Å². The summed E-state index contributed by atoms with van der Waals surface area (Å²) in [5, 5.41) is 1.02. The summed E-state index contributed by atoms with van der Waals surface area (Å²) >= 11 is 0. The number of nitrogens with zero attached hydrogens (tertiary/aromatic N) is 2. The monoisotopic (exact) mass is 202 g/mol. The van der Waals surface area contributed by atoms with E-state index in [2.05, 4.69) is 4.98 Å². The summed E-state index contributed by atoms with van der Waals surface area (Å²) < 4.78 is 1.72. The number of hydrogen-bond acceptors (Lipinski definition) is 2. The van der Waals surface area contributed by atoms with Crippen LogP contribution in [0.5, 0.6) is 0 Å². The van der Waals surface area contributed by atoms with Gasteiger partial charge in [-0.1, -0.05) is 0 Å². The van der Waals surface area contributed by atoms with Gasteiger partial charge in [0.15, 0.2) is 0 Å². The number of pyridine rings is 2. The Balaban J connectivity index is 2.88. The summed E-state index contributed by atoms with van der Waals surface area (Å²) in [6.07, 6.45) is 1.79. The van der Waals surface area contributed by atoms with Crippen molar-refractivity contribution in [3.8, 4) is 0 Å². The third kappa shape index (κ3) is 1.65. The Labute approximate surface area is 88.4 Å². The van der Waals surface area contributed by atoms with Gasteiger partial charge in [0.1, 0.15) is 5.65 Å². The molecule has 0 radical (unpaired) electrons. The van der Waals surface area contributed by atoms with Crippen LogP contribution < -0.4 is 5.56 Å². The first kappa shape index (κ1) is 9.90. The Morgan fingerprint density at radius 1 is 1.33 bits per heavy atom. The van der Waals surface area contributed by atoms with Gasteiger partial charge in [-0.2, -0.15) is 0 Å². The van der Waals surface area contributed by atoms with Crippen LogP contribution in [0.4, 0.5) is 0 Å². The van der Waals surface area contributed by atoms with Crippen molar-refractivity contribution in [2.75, 3.05) is 0 Å². The minimum Gasteiger partial charge on any atom is -0.290 e. The van der Waals surface area contributed by atoms with Crippen LogP contribution in [0, 0.1) is 6.92 Å². The molecule has 0 aromatic carbocycles. The van der Waals surface area contributed by atoms with E-state index in [1.165, 1.54) is 0 Å². The maximum Gasteiger partial charge on any atom is 0.252 e. The van der Waals surface area contributed by atoms with Gasteiger partial charge in [0, 0.05) is 23.7 Å². The minimum atomic E-state index is 0.00820. The van der Waals surface area contributed by atoms with Gasteiger partial charge in [-0.3, -0.25) is 9.36 Å². The number of hydrogen-bond donors (Lipinski definition) is 0. The van der Waals surface area contributed by atoms with Crippen molar-refractivity contribution in [2.45, 2.75) is 26.8 Å². The van der Waals surface area contributed by atoms with Crippen LogP contribution in [0.2, 0.25) is 0 Å². The number of fused-ring (bicyclic) bond motifs is 1. The van der Waals surface area contributed by atoms with Gasteiger partial charge < -0.3 is 0 Å². The first-order valence-corrected chi connectivity index (χ1v) is 5.07. The molecule has 0 atom stereocenters. The van der Waals surface area contributed by atoms with Crippen LogP contribution in [0.1, 0.15) is 25.5 Å². The molecule has 0 aliphatic carbocycles. The van der Waals surface area contributed by atoms with Crippen molar-refractivity contribution >= 4 is 11.0 Å². The average Bonchev–Trinajstić information content (AvgIpc) is 2.17. The van der Waals surface area contributed by atoms with E-state index in [1.807, 2.05) is 32.9 Å². The SMILES string of the molecule is Cc1cnc2c(ccc(=O)n2C(C)C)c1. The van der Waals surface area contributed by atoms with Crippen molar-refractivity contribution in [1.29, 1.82) is 0 Å². The number of aryl methyl sites for hydroxylation is 1. The molecule has 0 amide bonds. The summed E-state index contributed by atoms with van der Waals surface area (Å²) in [5.74, 6) is 0. The van der Waals surface area contributed by atoms with Gasteiger partial charge in [-0.25, -0.2) is 4.98 Å². The molecule has 0 fully saturated rings. The summed E-state index contributed by atoms with van der Waals surface area (Å²) in [7, 11) is 0. The molecule has 0 saturated heterocycles. The highest BCUT2D eigenvalue weighted by molar-refractivity contribution is 5.75. The van der Waals surface area contributed by atoms with Crippen LogP contribution >= 0.6 is 0 Å². The lowest BCUT2D eigenvalue weighted by atomic mass is 10.2. The van der Waals surface area contributed by atoms with E-state index in [4.69, 9.17) is 0 Å². The molecule has 15 heavy (non-hydrogen) atoms. The summed E-state index contributed by atoms with van der Waals surface area (Å²) in [4.78, 5) is 16.0. The van der Waals surface area contributed by atoms with E-state index in [-0.39, 0.29) is 11.6 Å². The zero-order chi connectivity index (χ0) is 11.0. The van der Waals surface area contributed by atoms with E-state index in [9.17, 15) is 4.79 Å². The lowest BCUT2D eigenvalue weighted by Crippen LogP contribution is -2.21. The lowest BCUT2D eigenvalue weighted by molar-refractivity contribution is 0.595. The summed E-state index contributed by atoms with van der Waals surface area (Å²) in [6, 6.07) is 5.61. The van der Waals surface area contributed by atoms with E-state index in [1.54, 1.807) is 16.8 Å². The van der Waals surface area contributed by atoms with Crippen LogP contribution in [0.25, 0.3) is 11.0 Å². The molecule has 0 saturated carbocycles. The van der Waals surface area contributed by atoms with Crippen LogP contribution in [-0.4, -0.2) is 9.55 Å². The van der Waals surface area contributed by atoms with Crippen molar-refractivity contribution in [2.24, 2.45) is 0 Å². The molecule has 0 spiro atoms. The molecule has 0 aliphatic heterocycles. The molecule has 78 valence electrons. The Bertz CT molecular complexity index is 555. The van der Waals surface area contributed by atoms with Gasteiger partial charge in [0.25, 0.3) is 5.56 Å². The fourth-order valence-electron chi connectivity index (χ4n) is 1.75. The van der Waals surface area contributed by atoms with Gasteiger partial charge in [-0.05, 0) is 38.5 Å². The molecule has 0 N–H and O–H groups in total. The summed E-state index contributed by atoms with van der Waals surface area (Å²) in [5.41, 5.74) is 1.88. The fraction of sp³-hybridized carbons (Fsp3) is 0.333. The number of aromatic nitrogens is 2. The minimum absolute atomic E-state index is 0.00820. The van der Waals surface area contributed by atoms with E-state index >= 15 is 0 Å². The largest absolute Gasteiger partial charge is 0.290 e. The lowest BCUT2D eigenvalue weighted by Gasteiger charge is -2.12. The van der Waals surface area contributed by atoms with Crippen LogP contribution in [0.15, 0.2) is 29.2 Å². The second-order valence-corrected chi connectivity index (χ2v) is 4.06. The smallest absolute Gasteiger partial charge is 0.252 e. The molecule has 2 aromatic rings. The normalized spacial score (nSPS) is 11.2. The highest BCUT2D eigenvalue weighted by Crippen LogP contribution is 2.14. The fourth-order valence-corrected chi connectivity index (χ4v) is 1.75. The van der Waals surface area contributed by atoms with Crippen molar-refractivity contribution in [1.82, 2.24) is 9.55 Å². The molecular formula is C12H14N2O. The second kappa shape index (κ2) is 3.50. The Morgan fingerprint density at radius 2 is 2.07 bits per heavy atom. The molecule has 0 unspecified atom stereocenters. The summed E-state index contributed by atoms with van der Waals surface area (Å²) in [6.45, 7) is 5.97. The highest BCUT2D eigenvalue weighted by Gasteiger charge is 2.06. The van der Waals surface area contributed by atoms with Crippen molar-refractivity contribution in [3.63, 3.8) is 0 Å². The molecule has 3 heteroatoms. The van der Waals surface area contributed by atoms with E-state index in [0.717, 1.165) is 16.6 Å². The molecule has 0 aliphatic rings. The Hall–Kier alpha value is -1.64. The average molecular weight is 202 g/mol. The van der Waals surface area contributed by atoms with Crippen molar-refractivity contribution < 1.29 is 0 Å². The zero-order valence-corrected chi connectivity index (χ0v) is 9.19. The zero-order valence-electron chi connectivity index (χ0n) is 9.19. The first-order valence-electron chi connectivity index (χ1n) is 5.07. The highest BCUT2D eigenvalue weighted by atomic mass is 16.1. The van der Waals surface area contributed by atoms with Crippen LogP contribution in [0.3, 0.4) is 0 Å². The molecule has 2 heterocycles. The first-order chi connectivity index (χ1) is 7.09. The number of rotatable bonds is 1. The van der Waals surface area contributed by atoms with Crippen LogP contribution in [-0.2, 0) is 0 Å². The molecule has 2 aromatic heterocycles. The van der Waals surface area contributed by atoms with Gasteiger partial charge in [0.05, 0.1) is 0 Å². The molecular weight excluding hydrogens is 188 g/mol. The Kier molecular flexibility index (Phi) is 2.31. The maximum absolute atomic E-state index is 11.7. The van der Waals surface area contributed by atoms with E-state index < -0.39 is 0 Å². The van der Waals surface area contributed by atoms with Gasteiger partial charge in [0.2, 0.25) is 0 Å². The third-order valence-electron chi connectivity index (χ3n) is 2.42. The predicted octanol–water partition coefficient (Wildman–Crippen LogP) is 2.29. The quantitative estimate of drug-likeness (QED) is 0.711. The third-order valence-corrected chi connectivity index (χ3v) is 2.42. The molecule has 3 nitrogen and oxygen atoms in total. The Morgan fingerprint density at radius 3 is 2.73 bits per heavy atom. The topological polar surface area (TPSA) is 34.9 Å².